The van der Waals surface area contributed by atoms with Gasteiger partial charge in [0.05, 0.1) is 23.6 Å². The van der Waals surface area contributed by atoms with Gasteiger partial charge in [0, 0.05) is 57.1 Å². The molecule has 1 saturated heterocycles. The molecule has 5 rings (SSSR count). The largest absolute Gasteiger partial charge is 0.490 e. The van der Waals surface area contributed by atoms with Crippen molar-refractivity contribution < 1.29 is 73.6 Å². The van der Waals surface area contributed by atoms with Crippen LogP contribution in [0.2, 0.25) is 0 Å². The number of rotatable bonds is 3. The standard InChI is InChI=1S/C22H27FN6.3C2HF3O2/c1-26-10-11-29-20(18-4-3-5-19(23)12-18)14-24-21(29)22(26)6-8-28(9-7-22)16-17-13-25-27(2)15-17;3*3-2(4,5)1(6)7/h3-5,12-15H,6-11,16H2,1-2H3;3*(H,6,7). The Morgan fingerprint density at radius 1 is 0.800 bits per heavy atom. The molecule has 2 aromatic heterocycles. The van der Waals surface area contributed by atoms with Gasteiger partial charge in [-0.15, -0.1) is 0 Å². The number of likely N-dealkylation sites (N-methyl/N-ethyl adjacent to an activating group) is 1. The van der Waals surface area contributed by atoms with Gasteiger partial charge >= 0.3 is 36.4 Å². The fraction of sp³-hybridized carbons (Fsp3) is 0.464. The molecule has 0 unspecified atom stereocenters. The molecule has 2 aliphatic rings. The summed E-state index contributed by atoms with van der Waals surface area (Å²) >= 11 is 0. The van der Waals surface area contributed by atoms with Gasteiger partial charge in [0.25, 0.3) is 0 Å². The lowest BCUT2D eigenvalue weighted by Gasteiger charge is -2.49. The average Bonchev–Trinajstić information content (AvgIpc) is 3.62. The number of aromatic nitrogens is 4. The molecule has 22 heteroatoms. The van der Waals surface area contributed by atoms with Crippen molar-refractivity contribution in [2.24, 2.45) is 7.05 Å². The summed E-state index contributed by atoms with van der Waals surface area (Å²) in [6.07, 6.45) is -7.19. The maximum atomic E-state index is 13.8. The summed E-state index contributed by atoms with van der Waals surface area (Å²) in [7, 11) is 4.18. The number of carboxylic acids is 3. The lowest BCUT2D eigenvalue weighted by molar-refractivity contribution is -0.193. The normalized spacial score (nSPS) is 16.1. The SMILES string of the molecule is CN1CCn2c(-c3cccc(F)c3)cnc2C12CCN(Cc1cnn(C)c1)CC2.O=C(O)C(F)(F)F.O=C(O)C(F)(F)F.O=C(O)C(F)(F)F. The van der Waals surface area contributed by atoms with E-state index in [0.29, 0.717) is 0 Å². The van der Waals surface area contributed by atoms with E-state index < -0.39 is 36.4 Å². The van der Waals surface area contributed by atoms with Crippen LogP contribution in [0.5, 0.6) is 0 Å². The second kappa shape index (κ2) is 16.3. The highest BCUT2D eigenvalue weighted by Gasteiger charge is 2.46. The minimum atomic E-state index is -5.08. The number of halogens is 10. The van der Waals surface area contributed by atoms with Gasteiger partial charge in [-0.2, -0.15) is 44.6 Å². The number of alkyl halides is 9. The third-order valence-electron chi connectivity index (χ3n) is 7.36. The molecule has 4 heterocycles. The van der Waals surface area contributed by atoms with Crippen molar-refractivity contribution in [2.45, 2.75) is 50.0 Å². The van der Waals surface area contributed by atoms with Crippen molar-refractivity contribution in [1.82, 2.24) is 29.1 Å². The molecule has 0 atom stereocenters. The molecular weight excluding hydrogens is 706 g/mol. The predicted octanol–water partition coefficient (Wildman–Crippen LogP) is 4.76. The number of hydrogen-bond acceptors (Lipinski definition) is 7. The fourth-order valence-electron chi connectivity index (χ4n) is 4.98. The van der Waals surface area contributed by atoms with E-state index in [2.05, 4.69) is 32.7 Å². The molecule has 0 bridgehead atoms. The zero-order valence-electron chi connectivity index (χ0n) is 26.0. The first-order valence-electron chi connectivity index (χ1n) is 14.0. The Morgan fingerprint density at radius 2 is 1.30 bits per heavy atom. The van der Waals surface area contributed by atoms with Gasteiger partial charge in [-0.1, -0.05) is 12.1 Å². The van der Waals surface area contributed by atoms with E-state index >= 15 is 0 Å². The first-order valence-corrected chi connectivity index (χ1v) is 14.0. The Bertz CT molecular complexity index is 1550. The summed E-state index contributed by atoms with van der Waals surface area (Å²) in [5.74, 6) is -7.34. The highest BCUT2D eigenvalue weighted by molar-refractivity contribution is 5.73. The molecule has 278 valence electrons. The number of imidazole rings is 1. The lowest BCUT2D eigenvalue weighted by Crippen LogP contribution is -2.56. The molecule has 0 amide bonds. The lowest BCUT2D eigenvalue weighted by atomic mass is 9.83. The maximum absolute atomic E-state index is 13.8. The first-order chi connectivity index (χ1) is 22.9. The second-order valence-electron chi connectivity index (χ2n) is 10.8. The van der Waals surface area contributed by atoms with Gasteiger partial charge in [0.2, 0.25) is 0 Å². The third-order valence-corrected chi connectivity index (χ3v) is 7.36. The van der Waals surface area contributed by atoms with Crippen molar-refractivity contribution in [2.75, 3.05) is 26.7 Å². The molecular formula is C28H30F10N6O6. The van der Waals surface area contributed by atoms with Crippen LogP contribution in [0, 0.1) is 5.82 Å². The number of carbonyl (C=O) groups is 3. The molecule has 1 fully saturated rings. The third kappa shape index (κ3) is 11.4. The zero-order valence-corrected chi connectivity index (χ0v) is 26.0. The van der Waals surface area contributed by atoms with E-state index in [0.717, 1.165) is 62.6 Å². The topological polar surface area (TPSA) is 154 Å². The van der Waals surface area contributed by atoms with E-state index in [9.17, 15) is 43.9 Å². The quantitative estimate of drug-likeness (QED) is 0.321. The number of nitrogens with zero attached hydrogens (tertiary/aromatic N) is 6. The van der Waals surface area contributed by atoms with Gasteiger partial charge in [-0.25, -0.2) is 23.8 Å². The van der Waals surface area contributed by atoms with Crippen LogP contribution in [0.1, 0.15) is 24.2 Å². The minimum absolute atomic E-state index is 0.0464. The highest BCUT2D eigenvalue weighted by atomic mass is 19.4. The first kappa shape index (κ1) is 41.4. The number of carboxylic acid groups (broad SMARTS) is 3. The van der Waals surface area contributed by atoms with Crippen molar-refractivity contribution in [3.05, 3.63) is 60.1 Å². The number of aryl methyl sites for hydroxylation is 1. The Morgan fingerprint density at radius 3 is 1.72 bits per heavy atom. The fourth-order valence-corrected chi connectivity index (χ4v) is 4.98. The molecule has 2 aliphatic heterocycles. The molecule has 0 aliphatic carbocycles. The van der Waals surface area contributed by atoms with E-state index in [4.69, 9.17) is 34.7 Å². The smallest absolute Gasteiger partial charge is 0.475 e. The molecule has 0 saturated carbocycles. The van der Waals surface area contributed by atoms with Crippen LogP contribution >= 0.6 is 0 Å². The second-order valence-corrected chi connectivity index (χ2v) is 10.8. The van der Waals surface area contributed by atoms with Crippen molar-refractivity contribution in [3.8, 4) is 11.3 Å². The zero-order chi connectivity index (χ0) is 38.2. The highest BCUT2D eigenvalue weighted by Crippen LogP contribution is 2.41. The number of likely N-dealkylation sites (tertiary alicyclic amines) is 1. The van der Waals surface area contributed by atoms with Crippen LogP contribution in [-0.4, -0.2) is 108 Å². The molecule has 0 radical (unpaired) electrons. The Kier molecular flexibility index (Phi) is 13.5. The number of aliphatic carboxylic acids is 3. The summed E-state index contributed by atoms with van der Waals surface area (Å²) < 4.78 is 113. The molecule has 3 N–H and O–H groups in total. The summed E-state index contributed by atoms with van der Waals surface area (Å²) in [6.45, 7) is 4.87. The van der Waals surface area contributed by atoms with E-state index in [1.807, 2.05) is 30.2 Å². The van der Waals surface area contributed by atoms with Gasteiger partial charge in [-0.05, 0) is 32.0 Å². The van der Waals surface area contributed by atoms with Crippen LogP contribution in [0.3, 0.4) is 0 Å². The summed E-state index contributed by atoms with van der Waals surface area (Å²) in [5, 5.41) is 25.7. The number of benzene rings is 1. The van der Waals surface area contributed by atoms with E-state index in [1.165, 1.54) is 11.6 Å². The Hall–Kier alpha value is -4.73. The molecule has 3 aromatic rings. The van der Waals surface area contributed by atoms with Crippen molar-refractivity contribution >= 4 is 17.9 Å². The van der Waals surface area contributed by atoms with Crippen LogP contribution in [0.25, 0.3) is 11.3 Å². The summed E-state index contributed by atoms with van der Waals surface area (Å²) in [5.41, 5.74) is 3.13. The monoisotopic (exact) mass is 736 g/mol. The van der Waals surface area contributed by atoms with Crippen LogP contribution < -0.4 is 0 Å². The molecule has 50 heavy (non-hydrogen) atoms. The summed E-state index contributed by atoms with van der Waals surface area (Å²) in [4.78, 5) is 36.5. The molecule has 12 nitrogen and oxygen atoms in total. The van der Waals surface area contributed by atoms with Gasteiger partial charge in [0.1, 0.15) is 11.6 Å². The van der Waals surface area contributed by atoms with E-state index in [1.54, 1.807) is 12.1 Å². The van der Waals surface area contributed by atoms with Crippen molar-refractivity contribution in [1.29, 1.82) is 0 Å². The van der Waals surface area contributed by atoms with E-state index in [-0.39, 0.29) is 11.4 Å². The van der Waals surface area contributed by atoms with Gasteiger partial charge in [0.15, 0.2) is 0 Å². The molecule has 1 spiro atoms. The Balaban J connectivity index is 0.000000338. The van der Waals surface area contributed by atoms with Crippen LogP contribution in [0.4, 0.5) is 43.9 Å². The summed E-state index contributed by atoms with van der Waals surface area (Å²) in [6, 6.07) is 6.83. The average molecular weight is 737 g/mol. The van der Waals surface area contributed by atoms with Crippen molar-refractivity contribution in [3.63, 3.8) is 0 Å². The van der Waals surface area contributed by atoms with Crippen LogP contribution in [-0.2, 0) is 40.1 Å². The van der Waals surface area contributed by atoms with Gasteiger partial charge in [-0.3, -0.25) is 14.5 Å². The van der Waals surface area contributed by atoms with Gasteiger partial charge < -0.3 is 19.9 Å². The number of fused-ring (bicyclic) bond motifs is 2. The number of hydrogen-bond donors (Lipinski definition) is 3. The van der Waals surface area contributed by atoms with Crippen LogP contribution in [0.15, 0.2) is 42.9 Å². The maximum Gasteiger partial charge on any atom is 0.490 e. The minimum Gasteiger partial charge on any atom is -0.475 e. The number of piperidine rings is 1. The molecule has 1 aromatic carbocycles. The Labute approximate surface area is 276 Å². The predicted molar refractivity (Wildman–Crippen MR) is 151 cm³/mol.